The fourth-order valence-electron chi connectivity index (χ4n) is 8.01. The monoisotopic (exact) mass is 316 g/mol. The topological polar surface area (TPSA) is 20.2 Å². The molecule has 0 radical (unpaired) electrons. The first-order chi connectivity index (χ1) is 10.6. The van der Waals surface area contributed by atoms with Gasteiger partial charge in [0.1, 0.15) is 0 Å². The third kappa shape index (κ3) is 1.68. The quantitative estimate of drug-likeness (QED) is 0.566. The maximum atomic E-state index is 10.3. The summed E-state index contributed by atoms with van der Waals surface area (Å²) >= 11 is 0. The van der Waals surface area contributed by atoms with E-state index in [9.17, 15) is 5.11 Å². The van der Waals surface area contributed by atoms with Gasteiger partial charge in [-0.05, 0) is 84.4 Å². The normalized spacial score (nSPS) is 61.7. The fraction of sp³-hybridized carbons (Fsp3) is 0.909. The van der Waals surface area contributed by atoms with Crippen LogP contribution in [0.4, 0.5) is 0 Å². The zero-order valence-electron chi connectivity index (χ0n) is 15.9. The maximum absolute atomic E-state index is 10.3. The second-order valence-corrected chi connectivity index (χ2v) is 10.7. The average Bonchev–Trinajstić information content (AvgIpc) is 2.78. The molecule has 0 aliphatic heterocycles. The molecule has 1 nitrogen and oxygen atoms in total. The molecular weight excluding hydrogens is 280 g/mol. The molecule has 0 heterocycles. The molecule has 0 unspecified atom stereocenters. The van der Waals surface area contributed by atoms with Crippen LogP contribution in [0.3, 0.4) is 0 Å². The molecule has 1 N–H and O–H groups in total. The SMILES string of the molecule is C[C@@]12CC[C@@H]3[C@](C)(CC[C@]4(C)C=CC[C@@]34C)[C@@]1(C)CC[C@@H](O)C2. The summed E-state index contributed by atoms with van der Waals surface area (Å²) in [5, 5.41) is 10.3. The Hall–Kier alpha value is -0.300. The summed E-state index contributed by atoms with van der Waals surface area (Å²) in [6.45, 7) is 12.9. The standard InChI is InChI=1S/C22H36O/c1-18-9-6-10-20(18,3)17-8-11-19(2)15-16(23)7-12-22(19,5)21(17,4)14-13-18/h6,9,16-17,23H,7-8,10-15H2,1-5H3/t16-,17+,18+,19+,20+,21+,22+/m1/s1. The van der Waals surface area contributed by atoms with Crippen molar-refractivity contribution in [1.82, 2.24) is 0 Å². The first-order valence-electron chi connectivity index (χ1n) is 9.96. The summed E-state index contributed by atoms with van der Waals surface area (Å²) in [6.07, 6.45) is 14.9. The Morgan fingerprint density at radius 2 is 1.61 bits per heavy atom. The lowest BCUT2D eigenvalue weighted by Crippen LogP contribution is -2.65. The van der Waals surface area contributed by atoms with Crippen LogP contribution in [-0.4, -0.2) is 11.2 Å². The van der Waals surface area contributed by atoms with E-state index in [2.05, 4.69) is 46.8 Å². The van der Waals surface area contributed by atoms with Crippen molar-refractivity contribution in [2.75, 3.05) is 0 Å². The van der Waals surface area contributed by atoms with Crippen LogP contribution < -0.4 is 0 Å². The van der Waals surface area contributed by atoms with Crippen molar-refractivity contribution in [3.8, 4) is 0 Å². The smallest absolute Gasteiger partial charge is 0.0545 e. The number of allylic oxidation sites excluding steroid dienone is 2. The van der Waals surface area contributed by atoms with Gasteiger partial charge in [0.2, 0.25) is 0 Å². The average molecular weight is 317 g/mol. The first kappa shape index (κ1) is 16.2. The van der Waals surface area contributed by atoms with Crippen LogP contribution in [-0.2, 0) is 0 Å². The van der Waals surface area contributed by atoms with Gasteiger partial charge in [0.15, 0.2) is 0 Å². The van der Waals surface area contributed by atoms with Crippen molar-refractivity contribution >= 4 is 0 Å². The third-order valence-corrected chi connectivity index (χ3v) is 10.3. The summed E-state index contributed by atoms with van der Waals surface area (Å²) in [5.74, 6) is 0.831. The van der Waals surface area contributed by atoms with E-state index in [1.54, 1.807) is 0 Å². The summed E-state index contributed by atoms with van der Waals surface area (Å²) in [4.78, 5) is 0. The van der Waals surface area contributed by atoms with Gasteiger partial charge < -0.3 is 5.11 Å². The highest BCUT2D eigenvalue weighted by Gasteiger charge is 2.69. The van der Waals surface area contributed by atoms with E-state index in [0.717, 1.165) is 18.8 Å². The van der Waals surface area contributed by atoms with Crippen LogP contribution in [0.25, 0.3) is 0 Å². The van der Waals surface area contributed by atoms with Gasteiger partial charge >= 0.3 is 0 Å². The summed E-state index contributed by atoms with van der Waals surface area (Å²) < 4.78 is 0. The summed E-state index contributed by atoms with van der Waals surface area (Å²) in [5.41, 5.74) is 2.00. The Balaban J connectivity index is 1.79. The van der Waals surface area contributed by atoms with Crippen molar-refractivity contribution in [3.63, 3.8) is 0 Å². The Labute approximate surface area is 142 Å². The molecule has 0 spiro atoms. The molecule has 0 aromatic carbocycles. The first-order valence-corrected chi connectivity index (χ1v) is 9.96. The molecule has 4 aliphatic rings. The van der Waals surface area contributed by atoms with Gasteiger partial charge in [0.25, 0.3) is 0 Å². The van der Waals surface area contributed by atoms with E-state index < -0.39 is 0 Å². The summed E-state index contributed by atoms with van der Waals surface area (Å²) in [6, 6.07) is 0. The Morgan fingerprint density at radius 1 is 0.870 bits per heavy atom. The molecule has 4 rings (SSSR count). The van der Waals surface area contributed by atoms with Crippen LogP contribution in [0.5, 0.6) is 0 Å². The molecule has 7 atom stereocenters. The zero-order chi connectivity index (χ0) is 16.7. The molecule has 3 fully saturated rings. The van der Waals surface area contributed by atoms with Crippen molar-refractivity contribution < 1.29 is 5.11 Å². The Bertz CT molecular complexity index is 552. The molecule has 1 heteroatoms. The van der Waals surface area contributed by atoms with Crippen molar-refractivity contribution in [2.45, 2.75) is 92.1 Å². The van der Waals surface area contributed by atoms with Gasteiger partial charge in [-0.25, -0.2) is 0 Å². The van der Waals surface area contributed by atoms with Crippen molar-refractivity contribution in [2.24, 2.45) is 33.0 Å². The van der Waals surface area contributed by atoms with E-state index in [0.29, 0.717) is 27.1 Å². The molecule has 0 saturated heterocycles. The van der Waals surface area contributed by atoms with Gasteiger partial charge in [-0.1, -0.05) is 46.8 Å². The largest absolute Gasteiger partial charge is 0.393 e. The van der Waals surface area contributed by atoms with Crippen molar-refractivity contribution in [1.29, 1.82) is 0 Å². The van der Waals surface area contributed by atoms with E-state index in [-0.39, 0.29) is 6.10 Å². The lowest BCUT2D eigenvalue weighted by atomic mass is 9.32. The van der Waals surface area contributed by atoms with Crippen LogP contribution >= 0.6 is 0 Å². The minimum absolute atomic E-state index is 0.0641. The lowest BCUT2D eigenvalue weighted by molar-refractivity contribution is -0.236. The minimum Gasteiger partial charge on any atom is -0.393 e. The number of rotatable bonds is 0. The number of fused-ring (bicyclic) bond motifs is 5. The van der Waals surface area contributed by atoms with E-state index in [4.69, 9.17) is 0 Å². The summed E-state index contributed by atoms with van der Waals surface area (Å²) in [7, 11) is 0. The molecule has 4 aliphatic carbocycles. The highest BCUT2D eigenvalue weighted by molar-refractivity contribution is 5.25. The molecule has 3 saturated carbocycles. The van der Waals surface area contributed by atoms with E-state index in [1.165, 1.54) is 38.5 Å². The minimum atomic E-state index is -0.0641. The fourth-order valence-corrected chi connectivity index (χ4v) is 8.01. The lowest BCUT2D eigenvalue weighted by Gasteiger charge is -2.72. The predicted octanol–water partition coefficient (Wildman–Crippen LogP) is 5.73. The molecule has 0 amide bonds. The van der Waals surface area contributed by atoms with Crippen LogP contribution in [0.2, 0.25) is 0 Å². The number of aliphatic hydroxyl groups excluding tert-OH is 1. The van der Waals surface area contributed by atoms with Gasteiger partial charge in [-0.3, -0.25) is 0 Å². The van der Waals surface area contributed by atoms with Gasteiger partial charge in [0, 0.05) is 0 Å². The number of hydrogen-bond acceptors (Lipinski definition) is 1. The Morgan fingerprint density at radius 3 is 2.35 bits per heavy atom. The van der Waals surface area contributed by atoms with E-state index in [1.807, 2.05) is 0 Å². The third-order valence-electron chi connectivity index (χ3n) is 10.3. The maximum Gasteiger partial charge on any atom is 0.0545 e. The number of aliphatic hydroxyl groups is 1. The molecule has 0 bridgehead atoms. The second-order valence-electron chi connectivity index (χ2n) is 10.7. The van der Waals surface area contributed by atoms with Gasteiger partial charge in [-0.2, -0.15) is 0 Å². The van der Waals surface area contributed by atoms with Crippen LogP contribution in [0, 0.1) is 33.0 Å². The van der Waals surface area contributed by atoms with Gasteiger partial charge in [-0.15, -0.1) is 0 Å². The zero-order valence-corrected chi connectivity index (χ0v) is 15.9. The molecule has 23 heavy (non-hydrogen) atoms. The molecular formula is C22H36O. The van der Waals surface area contributed by atoms with Crippen LogP contribution in [0.15, 0.2) is 12.2 Å². The molecule has 130 valence electrons. The van der Waals surface area contributed by atoms with Crippen LogP contribution in [0.1, 0.15) is 86.0 Å². The highest BCUT2D eigenvalue weighted by Crippen LogP contribution is 2.77. The highest BCUT2D eigenvalue weighted by atomic mass is 16.3. The predicted molar refractivity (Wildman–Crippen MR) is 96.1 cm³/mol. The van der Waals surface area contributed by atoms with E-state index >= 15 is 0 Å². The second kappa shape index (κ2) is 4.45. The molecule has 0 aromatic heterocycles. The van der Waals surface area contributed by atoms with Crippen molar-refractivity contribution in [3.05, 3.63) is 12.2 Å². The molecule has 0 aromatic rings. The van der Waals surface area contributed by atoms with Gasteiger partial charge in [0.05, 0.1) is 6.10 Å². The number of hydrogen-bond donors (Lipinski definition) is 1. The Kier molecular flexibility index (Phi) is 3.13.